The molecule has 1 aliphatic heterocycles. The fourth-order valence-electron chi connectivity index (χ4n) is 3.29. The SMILES string of the molecule is CNC(=O)c1ccc(S(=O)(=O)N2CCN(S(=O)(=O)c3ccc(C(=O)NC)cc3)CC2)cc1. The number of benzene rings is 2. The third-order valence-corrected chi connectivity index (χ3v) is 8.99. The second-order valence-corrected chi connectivity index (χ2v) is 10.9. The van der Waals surface area contributed by atoms with Crippen LogP contribution in [0.25, 0.3) is 0 Å². The van der Waals surface area contributed by atoms with Crippen molar-refractivity contribution in [1.82, 2.24) is 19.2 Å². The Morgan fingerprint density at radius 2 is 0.906 bits per heavy atom. The number of carbonyl (C=O) groups is 2. The van der Waals surface area contributed by atoms with Gasteiger partial charge in [0.2, 0.25) is 20.0 Å². The highest BCUT2D eigenvalue weighted by molar-refractivity contribution is 7.89. The van der Waals surface area contributed by atoms with Crippen molar-refractivity contribution in [3.8, 4) is 0 Å². The van der Waals surface area contributed by atoms with Crippen LogP contribution in [0.4, 0.5) is 0 Å². The number of hydrogen-bond donors (Lipinski definition) is 2. The van der Waals surface area contributed by atoms with Crippen molar-refractivity contribution in [1.29, 1.82) is 0 Å². The van der Waals surface area contributed by atoms with Gasteiger partial charge in [0, 0.05) is 51.4 Å². The maximum absolute atomic E-state index is 12.9. The van der Waals surface area contributed by atoms with Crippen LogP contribution >= 0.6 is 0 Å². The minimum absolute atomic E-state index is 0.00488. The summed E-state index contributed by atoms with van der Waals surface area (Å²) in [5.74, 6) is -0.646. The standard InChI is InChI=1S/C20H24N4O6S2/c1-21-19(25)15-3-7-17(8-4-15)31(27,28)23-11-13-24(14-12-23)32(29,30)18-9-5-16(6-10-18)20(26)22-2/h3-10H,11-14H2,1-2H3,(H,21,25)(H,22,26). The molecule has 172 valence electrons. The van der Waals surface area contributed by atoms with E-state index >= 15 is 0 Å². The first-order valence-corrected chi connectivity index (χ1v) is 12.6. The summed E-state index contributed by atoms with van der Waals surface area (Å²) in [6, 6.07) is 11.1. The van der Waals surface area contributed by atoms with Gasteiger partial charge < -0.3 is 10.6 Å². The predicted octanol–water partition coefficient (Wildman–Crippen LogP) is 0.101. The van der Waals surface area contributed by atoms with Crippen molar-refractivity contribution in [2.45, 2.75) is 9.79 Å². The van der Waals surface area contributed by atoms with Crippen molar-refractivity contribution in [3.05, 3.63) is 59.7 Å². The Balaban J connectivity index is 1.71. The molecule has 2 N–H and O–H groups in total. The molecule has 0 radical (unpaired) electrons. The van der Waals surface area contributed by atoms with Crippen LogP contribution in [0, 0.1) is 0 Å². The zero-order chi connectivity index (χ0) is 23.5. The quantitative estimate of drug-likeness (QED) is 0.603. The molecule has 2 aromatic carbocycles. The largest absolute Gasteiger partial charge is 0.355 e. The number of piperazine rings is 1. The summed E-state index contributed by atoms with van der Waals surface area (Å²) in [7, 11) is -4.69. The van der Waals surface area contributed by atoms with E-state index in [0.717, 1.165) is 0 Å². The van der Waals surface area contributed by atoms with E-state index in [2.05, 4.69) is 10.6 Å². The van der Waals surface area contributed by atoms with Gasteiger partial charge >= 0.3 is 0 Å². The van der Waals surface area contributed by atoms with Gasteiger partial charge in [-0.05, 0) is 48.5 Å². The molecule has 1 heterocycles. The summed E-state index contributed by atoms with van der Waals surface area (Å²) in [6.07, 6.45) is 0. The van der Waals surface area contributed by atoms with E-state index in [0.29, 0.717) is 11.1 Å². The number of nitrogens with one attached hydrogen (secondary N) is 2. The molecular formula is C20H24N4O6S2. The van der Waals surface area contributed by atoms with Gasteiger partial charge in [0.1, 0.15) is 0 Å². The summed E-state index contributed by atoms with van der Waals surface area (Å²) < 4.78 is 54.1. The molecule has 0 aromatic heterocycles. The molecule has 32 heavy (non-hydrogen) atoms. The molecule has 0 unspecified atom stereocenters. The van der Waals surface area contributed by atoms with E-state index < -0.39 is 20.0 Å². The first-order chi connectivity index (χ1) is 15.1. The van der Waals surface area contributed by atoms with Crippen LogP contribution in [0.1, 0.15) is 20.7 Å². The average molecular weight is 481 g/mol. The van der Waals surface area contributed by atoms with E-state index in [-0.39, 0.29) is 47.8 Å². The lowest BCUT2D eigenvalue weighted by atomic mass is 10.2. The fourth-order valence-corrected chi connectivity index (χ4v) is 6.14. The van der Waals surface area contributed by atoms with E-state index in [1.807, 2.05) is 0 Å². The Hall–Kier alpha value is -2.80. The molecule has 0 bridgehead atoms. The van der Waals surface area contributed by atoms with Crippen molar-refractivity contribution < 1.29 is 26.4 Å². The fraction of sp³-hybridized carbons (Fsp3) is 0.300. The predicted molar refractivity (Wildman–Crippen MR) is 117 cm³/mol. The average Bonchev–Trinajstić information content (AvgIpc) is 2.83. The molecule has 12 heteroatoms. The number of hydrogen-bond acceptors (Lipinski definition) is 6. The number of rotatable bonds is 6. The maximum Gasteiger partial charge on any atom is 0.251 e. The van der Waals surface area contributed by atoms with Gasteiger partial charge in [-0.2, -0.15) is 8.61 Å². The minimum Gasteiger partial charge on any atom is -0.355 e. The first kappa shape index (κ1) is 23.9. The van der Waals surface area contributed by atoms with Gasteiger partial charge in [0.15, 0.2) is 0 Å². The Kier molecular flexibility index (Phi) is 6.98. The summed E-state index contributed by atoms with van der Waals surface area (Å²) in [5.41, 5.74) is 0.676. The molecule has 0 aliphatic carbocycles. The van der Waals surface area contributed by atoms with Gasteiger partial charge in [-0.15, -0.1) is 0 Å². The van der Waals surface area contributed by atoms with Crippen LogP contribution in [-0.4, -0.2) is 77.5 Å². The van der Waals surface area contributed by atoms with Crippen molar-refractivity contribution in [2.24, 2.45) is 0 Å². The lowest BCUT2D eigenvalue weighted by Gasteiger charge is -2.33. The normalized spacial score (nSPS) is 15.8. The molecule has 10 nitrogen and oxygen atoms in total. The summed E-state index contributed by atoms with van der Waals surface area (Å²) in [6.45, 7) is -0.0195. The molecule has 0 spiro atoms. The summed E-state index contributed by atoms with van der Waals surface area (Å²) >= 11 is 0. The third-order valence-electron chi connectivity index (χ3n) is 5.16. The van der Waals surface area contributed by atoms with Gasteiger partial charge in [-0.1, -0.05) is 0 Å². The van der Waals surface area contributed by atoms with E-state index in [1.54, 1.807) is 0 Å². The van der Waals surface area contributed by atoms with Crippen LogP contribution in [0.3, 0.4) is 0 Å². The number of nitrogens with zero attached hydrogens (tertiary/aromatic N) is 2. The van der Waals surface area contributed by atoms with E-state index in [4.69, 9.17) is 0 Å². The highest BCUT2D eigenvalue weighted by Gasteiger charge is 2.33. The first-order valence-electron chi connectivity index (χ1n) is 9.76. The second kappa shape index (κ2) is 9.36. The molecule has 1 saturated heterocycles. The molecule has 0 atom stereocenters. The van der Waals surface area contributed by atoms with Crippen molar-refractivity contribution in [2.75, 3.05) is 40.3 Å². The van der Waals surface area contributed by atoms with Crippen molar-refractivity contribution >= 4 is 31.9 Å². The van der Waals surface area contributed by atoms with Gasteiger partial charge in [0.25, 0.3) is 11.8 Å². The van der Waals surface area contributed by atoms with Gasteiger partial charge in [0.05, 0.1) is 9.79 Å². The van der Waals surface area contributed by atoms with E-state index in [9.17, 15) is 26.4 Å². The van der Waals surface area contributed by atoms with Gasteiger partial charge in [-0.25, -0.2) is 16.8 Å². The van der Waals surface area contributed by atoms with Crippen LogP contribution in [0.5, 0.6) is 0 Å². The Morgan fingerprint density at radius 3 is 1.16 bits per heavy atom. The smallest absolute Gasteiger partial charge is 0.251 e. The Labute approximate surface area is 187 Å². The molecule has 2 aromatic rings. The zero-order valence-electron chi connectivity index (χ0n) is 17.6. The van der Waals surface area contributed by atoms with Crippen LogP contribution < -0.4 is 10.6 Å². The number of sulfonamides is 2. The summed E-state index contributed by atoms with van der Waals surface area (Å²) in [5, 5.41) is 4.93. The zero-order valence-corrected chi connectivity index (χ0v) is 19.2. The molecule has 1 aliphatic rings. The minimum atomic E-state index is -3.83. The highest BCUT2D eigenvalue weighted by atomic mass is 32.2. The van der Waals surface area contributed by atoms with Crippen molar-refractivity contribution in [3.63, 3.8) is 0 Å². The summed E-state index contributed by atoms with van der Waals surface area (Å²) in [4.78, 5) is 23.3. The van der Waals surface area contributed by atoms with Gasteiger partial charge in [-0.3, -0.25) is 9.59 Å². The Morgan fingerprint density at radius 1 is 0.625 bits per heavy atom. The molecule has 0 saturated carbocycles. The highest BCUT2D eigenvalue weighted by Crippen LogP contribution is 2.22. The van der Waals surface area contributed by atoms with Crippen LogP contribution in [-0.2, 0) is 20.0 Å². The van der Waals surface area contributed by atoms with E-state index in [1.165, 1.54) is 71.2 Å². The number of carbonyl (C=O) groups excluding carboxylic acids is 2. The molecule has 1 fully saturated rings. The molecular weight excluding hydrogens is 456 g/mol. The monoisotopic (exact) mass is 480 g/mol. The topological polar surface area (TPSA) is 133 Å². The lowest BCUT2D eigenvalue weighted by molar-refractivity contribution is 0.0955. The lowest BCUT2D eigenvalue weighted by Crippen LogP contribution is -2.50. The maximum atomic E-state index is 12.9. The molecule has 3 rings (SSSR count). The third kappa shape index (κ3) is 4.67. The Bertz CT molecular complexity index is 1100. The van der Waals surface area contributed by atoms with Crippen LogP contribution in [0.15, 0.2) is 58.3 Å². The van der Waals surface area contributed by atoms with Crippen LogP contribution in [0.2, 0.25) is 0 Å². The number of amides is 2. The molecule has 2 amide bonds. The second-order valence-electron chi connectivity index (χ2n) is 7.02.